The molecule has 2 heterocycles. The van der Waals surface area contributed by atoms with E-state index in [9.17, 15) is 9.59 Å². The topological polar surface area (TPSA) is 73.8 Å². The van der Waals surface area contributed by atoms with E-state index in [1.807, 2.05) is 12.3 Å². The van der Waals surface area contributed by atoms with Gasteiger partial charge in [-0.05, 0) is 54.0 Å². The molecule has 2 fully saturated rings. The Balaban J connectivity index is 1.26. The number of hydrogen-bond acceptors (Lipinski definition) is 4. The standard InChI is InChI=1S/C20H26N4O2S/c1-2-21-20(23-11-13-6-9-27-12-13)22-7-3-8-24-18(25)16-14-4-5-15(10-14)17(16)19(24)26/h4-6,9,12,14-17H,2-3,7-8,10-11H2,1H3,(H2,21,22,23). The van der Waals surface area contributed by atoms with E-state index in [1.165, 1.54) is 10.5 Å². The number of likely N-dealkylation sites (tertiary alicyclic amines) is 1. The minimum Gasteiger partial charge on any atom is -0.357 e. The number of nitrogens with one attached hydrogen (secondary N) is 2. The molecule has 2 aliphatic carbocycles. The Labute approximate surface area is 163 Å². The van der Waals surface area contributed by atoms with Crippen LogP contribution < -0.4 is 10.6 Å². The van der Waals surface area contributed by atoms with Crippen LogP contribution >= 0.6 is 11.3 Å². The van der Waals surface area contributed by atoms with Crippen molar-refractivity contribution in [3.8, 4) is 0 Å². The highest BCUT2D eigenvalue weighted by atomic mass is 32.1. The molecule has 2 N–H and O–H groups in total. The average molecular weight is 387 g/mol. The van der Waals surface area contributed by atoms with Crippen LogP contribution in [0, 0.1) is 23.7 Å². The van der Waals surface area contributed by atoms with Crippen LogP contribution in [0.3, 0.4) is 0 Å². The monoisotopic (exact) mass is 386 g/mol. The summed E-state index contributed by atoms with van der Waals surface area (Å²) in [6.45, 7) is 4.62. The quantitative estimate of drug-likeness (QED) is 0.247. The maximum absolute atomic E-state index is 12.7. The van der Waals surface area contributed by atoms with Crippen LogP contribution in [0.1, 0.15) is 25.3 Å². The van der Waals surface area contributed by atoms with Crippen molar-refractivity contribution in [2.75, 3.05) is 19.6 Å². The first-order chi connectivity index (χ1) is 13.2. The van der Waals surface area contributed by atoms with Gasteiger partial charge in [-0.25, -0.2) is 4.99 Å². The highest BCUT2D eigenvalue weighted by Crippen LogP contribution is 2.52. The molecule has 6 nitrogen and oxygen atoms in total. The summed E-state index contributed by atoms with van der Waals surface area (Å²) in [5.74, 6) is 1.23. The summed E-state index contributed by atoms with van der Waals surface area (Å²) in [6.07, 6.45) is 5.97. The number of allylic oxidation sites excluding steroid dienone is 2. The van der Waals surface area contributed by atoms with Gasteiger partial charge in [0.2, 0.25) is 11.8 Å². The first kappa shape index (κ1) is 18.2. The second kappa shape index (κ2) is 7.84. The molecule has 27 heavy (non-hydrogen) atoms. The molecule has 2 bridgehead atoms. The van der Waals surface area contributed by atoms with Crippen molar-refractivity contribution in [1.82, 2.24) is 15.5 Å². The molecular formula is C20H26N4O2S. The predicted molar refractivity (Wildman–Crippen MR) is 106 cm³/mol. The van der Waals surface area contributed by atoms with Gasteiger partial charge < -0.3 is 10.6 Å². The summed E-state index contributed by atoms with van der Waals surface area (Å²) in [4.78, 5) is 31.4. The number of carbonyl (C=O) groups is 2. The molecule has 1 aromatic heterocycles. The third kappa shape index (κ3) is 3.52. The van der Waals surface area contributed by atoms with E-state index < -0.39 is 0 Å². The summed E-state index contributed by atoms with van der Waals surface area (Å²) >= 11 is 1.67. The maximum atomic E-state index is 12.7. The van der Waals surface area contributed by atoms with Gasteiger partial charge in [-0.3, -0.25) is 14.5 Å². The Morgan fingerprint density at radius 3 is 2.59 bits per heavy atom. The number of rotatable bonds is 7. The third-order valence-corrected chi connectivity index (χ3v) is 6.49. The molecule has 0 aromatic carbocycles. The van der Waals surface area contributed by atoms with Crippen molar-refractivity contribution >= 4 is 29.1 Å². The van der Waals surface area contributed by atoms with Gasteiger partial charge in [-0.1, -0.05) is 12.2 Å². The van der Waals surface area contributed by atoms with Crippen molar-refractivity contribution in [2.24, 2.45) is 28.7 Å². The molecule has 1 saturated heterocycles. The number of thiophene rings is 1. The summed E-state index contributed by atoms with van der Waals surface area (Å²) in [5.41, 5.74) is 1.19. The Morgan fingerprint density at radius 2 is 1.96 bits per heavy atom. The van der Waals surface area contributed by atoms with Gasteiger partial charge in [0, 0.05) is 19.6 Å². The van der Waals surface area contributed by atoms with Gasteiger partial charge in [0.05, 0.1) is 18.4 Å². The third-order valence-electron chi connectivity index (χ3n) is 5.76. The number of carbonyl (C=O) groups excluding carboxylic acids is 2. The minimum atomic E-state index is -0.0926. The zero-order valence-electron chi connectivity index (χ0n) is 15.6. The largest absolute Gasteiger partial charge is 0.357 e. The molecule has 7 heteroatoms. The molecule has 4 atom stereocenters. The van der Waals surface area contributed by atoms with Crippen molar-refractivity contribution < 1.29 is 9.59 Å². The van der Waals surface area contributed by atoms with Crippen molar-refractivity contribution in [2.45, 2.75) is 26.3 Å². The smallest absolute Gasteiger partial charge is 0.233 e. The van der Waals surface area contributed by atoms with Crippen molar-refractivity contribution in [3.63, 3.8) is 0 Å². The fourth-order valence-electron chi connectivity index (χ4n) is 4.52. The molecular weight excluding hydrogens is 360 g/mol. The molecule has 144 valence electrons. The van der Waals surface area contributed by atoms with Gasteiger partial charge in [-0.15, -0.1) is 0 Å². The highest BCUT2D eigenvalue weighted by molar-refractivity contribution is 7.07. The molecule has 4 unspecified atom stereocenters. The van der Waals surface area contributed by atoms with E-state index in [2.05, 4.69) is 39.2 Å². The SMILES string of the molecule is CCNC(=NCc1ccsc1)NCCCN1C(=O)C2C3C=CC(C3)C2C1=O. The van der Waals surface area contributed by atoms with E-state index in [0.29, 0.717) is 19.6 Å². The lowest BCUT2D eigenvalue weighted by atomic mass is 9.85. The number of fused-ring (bicyclic) bond motifs is 5. The molecule has 0 radical (unpaired) electrons. The van der Waals surface area contributed by atoms with Crippen LogP contribution in [-0.2, 0) is 16.1 Å². The summed E-state index contributed by atoms with van der Waals surface area (Å²) in [5, 5.41) is 10.7. The molecule has 0 spiro atoms. The Hall–Kier alpha value is -2.15. The second-order valence-electron chi connectivity index (χ2n) is 7.44. The first-order valence-electron chi connectivity index (χ1n) is 9.76. The lowest BCUT2D eigenvalue weighted by Gasteiger charge is -2.18. The number of amides is 2. The minimum absolute atomic E-state index is 0.0416. The zero-order chi connectivity index (χ0) is 18.8. The molecule has 3 aliphatic rings. The van der Waals surface area contributed by atoms with E-state index in [0.717, 1.165) is 25.3 Å². The highest BCUT2D eigenvalue weighted by Gasteiger charge is 2.58. The molecule has 1 aliphatic heterocycles. The van der Waals surface area contributed by atoms with Gasteiger partial charge in [0.1, 0.15) is 0 Å². The fourth-order valence-corrected chi connectivity index (χ4v) is 5.18. The summed E-state index contributed by atoms with van der Waals surface area (Å²) in [6, 6.07) is 2.07. The van der Waals surface area contributed by atoms with Crippen molar-refractivity contribution in [1.29, 1.82) is 0 Å². The van der Waals surface area contributed by atoms with Crippen LogP contribution in [0.25, 0.3) is 0 Å². The van der Waals surface area contributed by atoms with Crippen LogP contribution in [-0.4, -0.2) is 42.3 Å². The van der Waals surface area contributed by atoms with Crippen molar-refractivity contribution in [3.05, 3.63) is 34.5 Å². The van der Waals surface area contributed by atoms with E-state index >= 15 is 0 Å². The number of hydrogen-bond donors (Lipinski definition) is 2. The second-order valence-corrected chi connectivity index (χ2v) is 8.22. The maximum Gasteiger partial charge on any atom is 0.233 e. The number of imide groups is 1. The summed E-state index contributed by atoms with van der Waals surface area (Å²) < 4.78 is 0. The lowest BCUT2D eigenvalue weighted by molar-refractivity contribution is -0.140. The summed E-state index contributed by atoms with van der Waals surface area (Å²) in [7, 11) is 0. The Bertz CT molecular complexity index is 728. The Morgan fingerprint density at radius 1 is 1.22 bits per heavy atom. The van der Waals surface area contributed by atoms with Crippen LogP contribution in [0.5, 0.6) is 0 Å². The molecule has 1 aromatic rings. The van der Waals surface area contributed by atoms with E-state index in [-0.39, 0.29) is 35.5 Å². The molecule has 4 rings (SSSR count). The number of aliphatic imine (C=N–C) groups is 1. The predicted octanol–water partition coefficient (Wildman–Crippen LogP) is 2.00. The van der Waals surface area contributed by atoms with Gasteiger partial charge >= 0.3 is 0 Å². The van der Waals surface area contributed by atoms with E-state index in [4.69, 9.17) is 0 Å². The Kier molecular flexibility index (Phi) is 5.29. The number of nitrogens with zero attached hydrogens (tertiary/aromatic N) is 2. The zero-order valence-corrected chi connectivity index (χ0v) is 16.4. The number of guanidine groups is 1. The molecule has 2 amide bonds. The van der Waals surface area contributed by atoms with Crippen LogP contribution in [0.2, 0.25) is 0 Å². The normalized spacial score (nSPS) is 28.9. The van der Waals surface area contributed by atoms with Crippen LogP contribution in [0.15, 0.2) is 34.0 Å². The van der Waals surface area contributed by atoms with Crippen LogP contribution in [0.4, 0.5) is 0 Å². The average Bonchev–Trinajstić information content (AvgIpc) is 3.44. The fraction of sp³-hybridized carbons (Fsp3) is 0.550. The van der Waals surface area contributed by atoms with Gasteiger partial charge in [0.25, 0.3) is 0 Å². The molecule has 1 saturated carbocycles. The lowest BCUT2D eigenvalue weighted by Crippen LogP contribution is -2.40. The van der Waals surface area contributed by atoms with E-state index in [1.54, 1.807) is 11.3 Å². The first-order valence-corrected chi connectivity index (χ1v) is 10.7. The van der Waals surface area contributed by atoms with Gasteiger partial charge in [0.15, 0.2) is 5.96 Å². The van der Waals surface area contributed by atoms with Gasteiger partial charge in [-0.2, -0.15) is 11.3 Å².